The quantitative estimate of drug-likeness (QED) is 0.861. The number of rotatable bonds is 4. The molecule has 1 saturated carbocycles. The number of amides is 1. The summed E-state index contributed by atoms with van der Waals surface area (Å²) in [7, 11) is 2.00. The van der Waals surface area contributed by atoms with E-state index in [1.807, 2.05) is 24.0 Å². The highest BCUT2D eigenvalue weighted by atomic mass is 16.2. The Morgan fingerprint density at radius 3 is 2.71 bits per heavy atom. The SMILES string of the molecule is Cn1ccnc1CNC1CC(=O)N(C2CCCCCC2)C1. The fourth-order valence-corrected chi connectivity index (χ4v) is 3.59. The second-order valence-corrected chi connectivity index (χ2v) is 6.43. The van der Waals surface area contributed by atoms with Crippen molar-refractivity contribution in [2.24, 2.45) is 7.05 Å². The molecule has 1 aliphatic heterocycles. The molecule has 2 fully saturated rings. The maximum atomic E-state index is 12.3. The zero-order chi connectivity index (χ0) is 14.7. The highest BCUT2D eigenvalue weighted by Gasteiger charge is 2.34. The summed E-state index contributed by atoms with van der Waals surface area (Å²) in [6.45, 7) is 1.61. The van der Waals surface area contributed by atoms with Crippen LogP contribution in [0.3, 0.4) is 0 Å². The summed E-state index contributed by atoms with van der Waals surface area (Å²) >= 11 is 0. The smallest absolute Gasteiger partial charge is 0.224 e. The first-order valence-corrected chi connectivity index (χ1v) is 8.23. The van der Waals surface area contributed by atoms with Crippen molar-refractivity contribution in [2.45, 2.75) is 63.6 Å². The Balaban J connectivity index is 1.53. The van der Waals surface area contributed by atoms with Gasteiger partial charge in [-0.2, -0.15) is 0 Å². The van der Waals surface area contributed by atoms with Crippen molar-refractivity contribution in [3.8, 4) is 0 Å². The first kappa shape index (κ1) is 14.6. The van der Waals surface area contributed by atoms with E-state index in [2.05, 4.69) is 15.2 Å². The summed E-state index contributed by atoms with van der Waals surface area (Å²) < 4.78 is 2.02. The molecule has 2 aliphatic rings. The maximum Gasteiger partial charge on any atom is 0.224 e. The number of aromatic nitrogens is 2. The number of imidazole rings is 1. The van der Waals surface area contributed by atoms with E-state index >= 15 is 0 Å². The van der Waals surface area contributed by atoms with Gasteiger partial charge in [-0.25, -0.2) is 4.98 Å². The van der Waals surface area contributed by atoms with Gasteiger partial charge in [-0.1, -0.05) is 25.7 Å². The van der Waals surface area contributed by atoms with Gasteiger partial charge in [-0.15, -0.1) is 0 Å². The molecule has 0 spiro atoms. The minimum atomic E-state index is 0.275. The minimum absolute atomic E-state index is 0.275. The lowest BCUT2D eigenvalue weighted by molar-refractivity contribution is -0.129. The molecule has 1 aromatic rings. The number of likely N-dealkylation sites (tertiary alicyclic amines) is 1. The Morgan fingerprint density at radius 1 is 1.29 bits per heavy atom. The third-order valence-corrected chi connectivity index (χ3v) is 4.89. The van der Waals surface area contributed by atoms with Gasteiger partial charge in [-0.05, 0) is 12.8 Å². The molecule has 1 atom stereocenters. The van der Waals surface area contributed by atoms with Gasteiger partial charge in [0.25, 0.3) is 0 Å². The normalized spacial score (nSPS) is 24.5. The second-order valence-electron chi connectivity index (χ2n) is 6.43. The monoisotopic (exact) mass is 290 g/mol. The van der Waals surface area contributed by atoms with Gasteiger partial charge in [0.1, 0.15) is 5.82 Å². The van der Waals surface area contributed by atoms with Crippen LogP contribution in [-0.2, 0) is 18.4 Å². The van der Waals surface area contributed by atoms with E-state index in [1.165, 1.54) is 38.5 Å². The van der Waals surface area contributed by atoms with Crippen molar-refractivity contribution in [1.82, 2.24) is 19.8 Å². The van der Waals surface area contributed by atoms with Gasteiger partial charge in [0.05, 0.1) is 6.54 Å². The fraction of sp³-hybridized carbons (Fsp3) is 0.750. The van der Waals surface area contributed by atoms with Gasteiger partial charge < -0.3 is 14.8 Å². The van der Waals surface area contributed by atoms with Crippen molar-refractivity contribution in [3.05, 3.63) is 18.2 Å². The molecule has 1 unspecified atom stereocenters. The third-order valence-electron chi connectivity index (χ3n) is 4.89. The van der Waals surface area contributed by atoms with Crippen LogP contribution >= 0.6 is 0 Å². The number of nitrogens with one attached hydrogen (secondary N) is 1. The highest BCUT2D eigenvalue weighted by Crippen LogP contribution is 2.25. The van der Waals surface area contributed by atoms with Gasteiger partial charge in [-0.3, -0.25) is 4.79 Å². The van der Waals surface area contributed by atoms with Crippen LogP contribution in [0.25, 0.3) is 0 Å². The van der Waals surface area contributed by atoms with Crippen molar-refractivity contribution in [3.63, 3.8) is 0 Å². The van der Waals surface area contributed by atoms with Crippen LogP contribution in [0.1, 0.15) is 50.8 Å². The van der Waals surface area contributed by atoms with Crippen molar-refractivity contribution < 1.29 is 4.79 Å². The lowest BCUT2D eigenvalue weighted by atomic mass is 10.1. The zero-order valence-electron chi connectivity index (χ0n) is 12.9. The molecular weight excluding hydrogens is 264 g/mol. The third kappa shape index (κ3) is 3.46. The van der Waals surface area contributed by atoms with E-state index in [0.29, 0.717) is 18.4 Å². The number of aryl methyl sites for hydroxylation is 1. The molecule has 0 bridgehead atoms. The summed E-state index contributed by atoms with van der Waals surface area (Å²) in [5.41, 5.74) is 0. The van der Waals surface area contributed by atoms with Gasteiger partial charge >= 0.3 is 0 Å². The Hall–Kier alpha value is -1.36. The molecule has 1 saturated heterocycles. The summed E-state index contributed by atoms with van der Waals surface area (Å²) in [6, 6.07) is 0.761. The van der Waals surface area contributed by atoms with E-state index in [0.717, 1.165) is 18.9 Å². The second kappa shape index (κ2) is 6.60. The maximum absolute atomic E-state index is 12.3. The van der Waals surface area contributed by atoms with Crippen molar-refractivity contribution >= 4 is 5.91 Å². The van der Waals surface area contributed by atoms with Crippen LogP contribution in [0.2, 0.25) is 0 Å². The topological polar surface area (TPSA) is 50.2 Å². The zero-order valence-corrected chi connectivity index (χ0v) is 12.9. The van der Waals surface area contributed by atoms with Crippen LogP contribution < -0.4 is 5.32 Å². The van der Waals surface area contributed by atoms with Crippen LogP contribution in [0.5, 0.6) is 0 Å². The van der Waals surface area contributed by atoms with E-state index in [-0.39, 0.29) is 6.04 Å². The van der Waals surface area contributed by atoms with Crippen LogP contribution in [0.4, 0.5) is 0 Å². The number of hydrogen-bond donors (Lipinski definition) is 1. The Labute approximate surface area is 126 Å². The van der Waals surface area contributed by atoms with Crippen molar-refractivity contribution in [1.29, 1.82) is 0 Å². The Morgan fingerprint density at radius 2 is 2.05 bits per heavy atom. The van der Waals surface area contributed by atoms with Gasteiger partial charge in [0, 0.05) is 44.5 Å². The summed E-state index contributed by atoms with van der Waals surface area (Å²) in [6.07, 6.45) is 12.0. The standard InChI is InChI=1S/C16H26N4O/c1-19-9-8-17-15(19)11-18-13-10-16(21)20(12-13)14-6-4-2-3-5-7-14/h8-9,13-14,18H,2-7,10-12H2,1H3. The average Bonchev–Trinajstić information content (AvgIpc) is 2.93. The predicted octanol–water partition coefficient (Wildman–Crippen LogP) is 1.83. The molecule has 1 amide bonds. The molecule has 2 heterocycles. The highest BCUT2D eigenvalue weighted by molar-refractivity contribution is 5.79. The lowest BCUT2D eigenvalue weighted by Gasteiger charge is -2.27. The van der Waals surface area contributed by atoms with E-state index in [9.17, 15) is 4.79 Å². The Kier molecular flexibility index (Phi) is 4.58. The molecule has 5 nitrogen and oxygen atoms in total. The molecule has 116 valence electrons. The molecular formula is C16H26N4O. The van der Waals surface area contributed by atoms with Crippen LogP contribution in [0, 0.1) is 0 Å². The number of hydrogen-bond acceptors (Lipinski definition) is 3. The molecule has 1 aliphatic carbocycles. The molecule has 5 heteroatoms. The van der Waals surface area contributed by atoms with Gasteiger partial charge in [0.15, 0.2) is 0 Å². The van der Waals surface area contributed by atoms with E-state index < -0.39 is 0 Å². The van der Waals surface area contributed by atoms with Gasteiger partial charge in [0.2, 0.25) is 5.91 Å². The molecule has 3 rings (SSSR count). The van der Waals surface area contributed by atoms with Crippen LogP contribution in [0.15, 0.2) is 12.4 Å². The number of nitrogens with zero attached hydrogens (tertiary/aromatic N) is 3. The summed E-state index contributed by atoms with van der Waals surface area (Å²) in [5.74, 6) is 1.36. The first-order valence-electron chi connectivity index (χ1n) is 8.23. The molecule has 1 N–H and O–H groups in total. The molecule has 0 aromatic carbocycles. The van der Waals surface area contributed by atoms with E-state index in [4.69, 9.17) is 0 Å². The number of carbonyl (C=O) groups excluding carboxylic acids is 1. The van der Waals surface area contributed by atoms with E-state index in [1.54, 1.807) is 0 Å². The summed E-state index contributed by atoms with van der Waals surface area (Å²) in [4.78, 5) is 18.7. The lowest BCUT2D eigenvalue weighted by Crippen LogP contribution is -2.38. The van der Waals surface area contributed by atoms with Crippen LogP contribution in [-0.4, -0.2) is 39.0 Å². The fourth-order valence-electron chi connectivity index (χ4n) is 3.59. The summed E-state index contributed by atoms with van der Waals surface area (Å²) in [5, 5.41) is 3.49. The van der Waals surface area contributed by atoms with Crippen molar-refractivity contribution in [2.75, 3.05) is 6.54 Å². The predicted molar refractivity (Wildman–Crippen MR) is 81.7 cm³/mol. The molecule has 1 aromatic heterocycles. The Bertz CT molecular complexity index is 476. The minimum Gasteiger partial charge on any atom is -0.338 e. The largest absolute Gasteiger partial charge is 0.338 e. The number of carbonyl (C=O) groups is 1. The average molecular weight is 290 g/mol. The first-order chi connectivity index (χ1) is 10.2. The molecule has 21 heavy (non-hydrogen) atoms. The molecule has 0 radical (unpaired) electrons.